The fourth-order valence-corrected chi connectivity index (χ4v) is 3.34. The van der Waals surface area contributed by atoms with Crippen LogP contribution in [0.4, 0.5) is 5.69 Å². The molecule has 0 aromatic heterocycles. The van der Waals surface area contributed by atoms with Gasteiger partial charge in [0, 0.05) is 22.2 Å². The molecule has 0 spiro atoms. The molecule has 3 N–H and O–H groups in total. The molecule has 3 aromatic rings. The molecule has 2 amide bonds. The van der Waals surface area contributed by atoms with E-state index in [0.717, 1.165) is 23.9 Å². The van der Waals surface area contributed by atoms with Gasteiger partial charge in [-0.05, 0) is 59.7 Å². The number of amides is 2. The first kappa shape index (κ1) is 14.5. The quantitative estimate of drug-likeness (QED) is 0.778. The molecule has 0 unspecified atom stereocenters. The Morgan fingerprint density at radius 3 is 2.21 bits per heavy atom. The summed E-state index contributed by atoms with van der Waals surface area (Å²) in [6, 6.07) is 16.6. The minimum Gasteiger partial charge on any atom is -0.366 e. The Morgan fingerprint density at radius 2 is 1.50 bits per heavy atom. The summed E-state index contributed by atoms with van der Waals surface area (Å²) in [4.78, 5) is 23.6. The van der Waals surface area contributed by atoms with Crippen LogP contribution in [0.1, 0.15) is 31.8 Å². The average molecular weight is 316 g/mol. The zero-order valence-electron chi connectivity index (χ0n) is 13.0. The summed E-state index contributed by atoms with van der Waals surface area (Å²) in [6.45, 7) is 0. The summed E-state index contributed by atoms with van der Waals surface area (Å²) < 4.78 is 0. The highest BCUT2D eigenvalue weighted by atomic mass is 16.2. The number of nitrogens with two attached hydrogens (primary N) is 1. The highest BCUT2D eigenvalue weighted by molar-refractivity contribution is 6.10. The van der Waals surface area contributed by atoms with Gasteiger partial charge in [0.1, 0.15) is 0 Å². The van der Waals surface area contributed by atoms with Crippen LogP contribution in [0.15, 0.2) is 54.6 Å². The predicted octanol–water partition coefficient (Wildman–Crippen LogP) is 3.29. The molecule has 0 atom stereocenters. The number of anilines is 1. The molecule has 0 radical (unpaired) electrons. The lowest BCUT2D eigenvalue weighted by molar-refractivity contribution is 0.0995. The van der Waals surface area contributed by atoms with Gasteiger partial charge in [0.05, 0.1) is 0 Å². The molecule has 4 nitrogen and oxygen atoms in total. The molecule has 0 saturated carbocycles. The van der Waals surface area contributed by atoms with E-state index in [1.807, 2.05) is 18.2 Å². The zero-order valence-corrected chi connectivity index (χ0v) is 13.0. The lowest BCUT2D eigenvalue weighted by Gasteiger charge is -2.11. The number of benzene rings is 3. The molecular formula is C20H16N2O2. The van der Waals surface area contributed by atoms with Crippen LogP contribution in [0.25, 0.3) is 10.8 Å². The van der Waals surface area contributed by atoms with E-state index in [4.69, 9.17) is 5.73 Å². The van der Waals surface area contributed by atoms with Crippen molar-refractivity contribution in [3.8, 4) is 0 Å². The van der Waals surface area contributed by atoms with E-state index in [1.54, 1.807) is 24.3 Å². The molecule has 0 bridgehead atoms. The number of carbonyl (C=O) groups excluding carboxylic acids is 2. The monoisotopic (exact) mass is 316 g/mol. The van der Waals surface area contributed by atoms with E-state index in [9.17, 15) is 9.59 Å². The van der Waals surface area contributed by atoms with Crippen LogP contribution in [0.2, 0.25) is 0 Å². The van der Waals surface area contributed by atoms with Gasteiger partial charge in [-0.3, -0.25) is 9.59 Å². The van der Waals surface area contributed by atoms with Crippen molar-refractivity contribution in [3.63, 3.8) is 0 Å². The molecule has 1 aliphatic carbocycles. The highest BCUT2D eigenvalue weighted by Crippen LogP contribution is 2.35. The maximum Gasteiger partial charge on any atom is 0.255 e. The van der Waals surface area contributed by atoms with Gasteiger partial charge in [0.25, 0.3) is 5.91 Å². The molecular weight excluding hydrogens is 300 g/mol. The molecule has 0 saturated heterocycles. The summed E-state index contributed by atoms with van der Waals surface area (Å²) in [7, 11) is 0. The molecule has 0 heterocycles. The highest BCUT2D eigenvalue weighted by Gasteiger charge is 2.17. The van der Waals surface area contributed by atoms with Gasteiger partial charge in [-0.25, -0.2) is 0 Å². The number of nitrogens with one attached hydrogen (secondary N) is 1. The molecule has 4 heteroatoms. The van der Waals surface area contributed by atoms with Crippen LogP contribution in [-0.4, -0.2) is 11.8 Å². The van der Waals surface area contributed by atoms with Crippen molar-refractivity contribution in [1.82, 2.24) is 0 Å². The lowest BCUT2D eigenvalue weighted by atomic mass is 10.0. The zero-order chi connectivity index (χ0) is 16.7. The first-order chi connectivity index (χ1) is 11.6. The third kappa shape index (κ3) is 2.33. The van der Waals surface area contributed by atoms with E-state index in [-0.39, 0.29) is 5.91 Å². The van der Waals surface area contributed by atoms with Crippen molar-refractivity contribution in [3.05, 3.63) is 76.9 Å². The minimum absolute atomic E-state index is 0.204. The number of primary amides is 1. The van der Waals surface area contributed by atoms with Crippen LogP contribution in [0.3, 0.4) is 0 Å². The number of rotatable bonds is 3. The van der Waals surface area contributed by atoms with Crippen LogP contribution in [0, 0.1) is 0 Å². The van der Waals surface area contributed by atoms with Crippen molar-refractivity contribution < 1.29 is 9.59 Å². The Labute approximate surface area is 139 Å². The Bertz CT molecular complexity index is 965. The standard InChI is InChI=1S/C20H16N2O2/c21-19(23)14-6-8-15(9-7-14)20(24)22-17-11-10-13-5-4-12-2-1-3-16(17)18(12)13/h1-3,6-11H,4-5H2,(H2,21,23)(H,22,24). The smallest absolute Gasteiger partial charge is 0.255 e. The Balaban J connectivity index is 1.67. The number of hydrogen-bond acceptors (Lipinski definition) is 2. The second kappa shape index (κ2) is 5.49. The second-order valence-electron chi connectivity index (χ2n) is 6.01. The molecule has 4 rings (SSSR count). The van der Waals surface area contributed by atoms with E-state index >= 15 is 0 Å². The molecule has 24 heavy (non-hydrogen) atoms. The summed E-state index contributed by atoms with van der Waals surface area (Å²) in [6.07, 6.45) is 2.11. The van der Waals surface area contributed by atoms with Gasteiger partial charge in [0.15, 0.2) is 0 Å². The van der Waals surface area contributed by atoms with Gasteiger partial charge >= 0.3 is 0 Å². The van der Waals surface area contributed by atoms with Crippen LogP contribution >= 0.6 is 0 Å². The fourth-order valence-electron chi connectivity index (χ4n) is 3.34. The number of aryl methyl sites for hydroxylation is 2. The topological polar surface area (TPSA) is 72.2 Å². The predicted molar refractivity (Wildman–Crippen MR) is 94.3 cm³/mol. The fraction of sp³-hybridized carbons (Fsp3) is 0.100. The maximum absolute atomic E-state index is 12.5. The third-order valence-electron chi connectivity index (χ3n) is 4.56. The minimum atomic E-state index is -0.505. The lowest BCUT2D eigenvalue weighted by Crippen LogP contribution is -2.14. The summed E-state index contributed by atoms with van der Waals surface area (Å²) in [5.74, 6) is -0.709. The van der Waals surface area contributed by atoms with Crippen molar-refractivity contribution in [2.24, 2.45) is 5.73 Å². The number of hydrogen-bond donors (Lipinski definition) is 2. The van der Waals surface area contributed by atoms with Crippen molar-refractivity contribution in [2.75, 3.05) is 5.32 Å². The van der Waals surface area contributed by atoms with Gasteiger partial charge in [-0.1, -0.05) is 24.3 Å². The van der Waals surface area contributed by atoms with E-state index < -0.39 is 5.91 Å². The Kier molecular flexibility index (Phi) is 3.31. The van der Waals surface area contributed by atoms with E-state index in [0.29, 0.717) is 11.1 Å². The van der Waals surface area contributed by atoms with Crippen molar-refractivity contribution in [1.29, 1.82) is 0 Å². The molecule has 118 valence electrons. The molecule has 0 aliphatic heterocycles. The molecule has 3 aromatic carbocycles. The summed E-state index contributed by atoms with van der Waals surface area (Å²) >= 11 is 0. The van der Waals surface area contributed by atoms with Gasteiger partial charge < -0.3 is 11.1 Å². The largest absolute Gasteiger partial charge is 0.366 e. The van der Waals surface area contributed by atoms with Crippen LogP contribution < -0.4 is 11.1 Å². The van der Waals surface area contributed by atoms with Crippen molar-refractivity contribution >= 4 is 28.3 Å². The van der Waals surface area contributed by atoms with Crippen molar-refractivity contribution in [2.45, 2.75) is 12.8 Å². The summed E-state index contributed by atoms with van der Waals surface area (Å²) in [5, 5.41) is 5.31. The van der Waals surface area contributed by atoms with Gasteiger partial charge in [-0.2, -0.15) is 0 Å². The van der Waals surface area contributed by atoms with E-state index in [2.05, 4.69) is 17.4 Å². The Hall–Kier alpha value is -3.14. The maximum atomic E-state index is 12.5. The van der Waals surface area contributed by atoms with Crippen LogP contribution in [-0.2, 0) is 12.8 Å². The van der Waals surface area contributed by atoms with Gasteiger partial charge in [-0.15, -0.1) is 0 Å². The second-order valence-corrected chi connectivity index (χ2v) is 6.01. The summed E-state index contributed by atoms with van der Waals surface area (Å²) in [5.41, 5.74) is 9.58. The van der Waals surface area contributed by atoms with Gasteiger partial charge in [0.2, 0.25) is 5.91 Å². The first-order valence-electron chi connectivity index (χ1n) is 7.88. The third-order valence-corrected chi connectivity index (χ3v) is 4.56. The molecule has 0 fully saturated rings. The normalized spacial score (nSPS) is 12.3. The average Bonchev–Trinajstić information content (AvgIpc) is 3.02. The van der Waals surface area contributed by atoms with Crippen LogP contribution in [0.5, 0.6) is 0 Å². The SMILES string of the molecule is NC(=O)c1ccc(C(=O)Nc2ccc3c4c(cccc24)CC3)cc1. The van der Waals surface area contributed by atoms with E-state index in [1.165, 1.54) is 16.5 Å². The Morgan fingerprint density at radius 1 is 0.833 bits per heavy atom. The first-order valence-corrected chi connectivity index (χ1v) is 7.88. The molecule has 1 aliphatic rings. The number of carbonyl (C=O) groups is 2.